The van der Waals surface area contributed by atoms with Gasteiger partial charge in [-0.1, -0.05) is 13.3 Å². The minimum absolute atomic E-state index is 0.341. The monoisotopic (exact) mass is 247 g/mol. The first-order valence-electron chi connectivity index (χ1n) is 6.08. The lowest BCUT2D eigenvalue weighted by Crippen LogP contribution is -2.13. The van der Waals surface area contributed by atoms with Crippen molar-refractivity contribution in [1.29, 1.82) is 0 Å². The molecule has 0 saturated carbocycles. The summed E-state index contributed by atoms with van der Waals surface area (Å²) in [6.45, 7) is 2.52. The molecule has 0 spiro atoms. The van der Waals surface area contributed by atoms with Crippen LogP contribution in [0.2, 0.25) is 0 Å². The summed E-state index contributed by atoms with van der Waals surface area (Å²) in [5.74, 6) is 0.726. The number of hydrogen-bond donors (Lipinski definition) is 0. The maximum absolute atomic E-state index is 11.9. The molecular formula is C14H17NO3. The van der Waals surface area contributed by atoms with E-state index < -0.39 is 0 Å². The van der Waals surface area contributed by atoms with Crippen molar-refractivity contribution < 1.29 is 14.3 Å². The minimum atomic E-state index is -0.341. The van der Waals surface area contributed by atoms with Gasteiger partial charge in [-0.3, -0.25) is 4.57 Å². The Bertz CT molecular complexity index is 545. The van der Waals surface area contributed by atoms with E-state index >= 15 is 0 Å². The van der Waals surface area contributed by atoms with E-state index in [1.165, 1.54) is 4.57 Å². The summed E-state index contributed by atoms with van der Waals surface area (Å²) in [6, 6.07) is 7.51. The highest BCUT2D eigenvalue weighted by molar-refractivity contribution is 5.90. The summed E-state index contributed by atoms with van der Waals surface area (Å²) in [5, 5.41) is 0.989. The van der Waals surface area contributed by atoms with Crippen LogP contribution in [0.25, 0.3) is 10.9 Å². The third-order valence-corrected chi connectivity index (χ3v) is 2.82. The van der Waals surface area contributed by atoms with Gasteiger partial charge in [0.2, 0.25) is 0 Å². The molecule has 0 N–H and O–H groups in total. The summed E-state index contributed by atoms with van der Waals surface area (Å²) in [7, 11) is 1.61. The SMILES string of the molecule is CCCCOC(=O)n1ccc2ccc(OC)cc21. The first-order valence-corrected chi connectivity index (χ1v) is 6.08. The maximum Gasteiger partial charge on any atom is 0.418 e. The van der Waals surface area contributed by atoms with Crippen LogP contribution in [0, 0.1) is 0 Å². The number of unbranched alkanes of at least 4 members (excludes halogenated alkanes) is 1. The molecule has 0 fully saturated rings. The van der Waals surface area contributed by atoms with Crippen LogP contribution in [-0.2, 0) is 4.74 Å². The number of benzene rings is 1. The Kier molecular flexibility index (Phi) is 3.87. The van der Waals surface area contributed by atoms with Gasteiger partial charge in [0.1, 0.15) is 5.75 Å². The summed E-state index contributed by atoms with van der Waals surface area (Å²) in [4.78, 5) is 11.9. The molecule has 2 aromatic rings. The number of nitrogens with zero attached hydrogens (tertiary/aromatic N) is 1. The lowest BCUT2D eigenvalue weighted by molar-refractivity contribution is 0.147. The molecule has 0 aliphatic rings. The molecule has 4 heteroatoms. The van der Waals surface area contributed by atoms with Crippen molar-refractivity contribution in [3.63, 3.8) is 0 Å². The van der Waals surface area contributed by atoms with Crippen molar-refractivity contribution in [2.45, 2.75) is 19.8 Å². The van der Waals surface area contributed by atoms with Gasteiger partial charge < -0.3 is 9.47 Å². The van der Waals surface area contributed by atoms with Gasteiger partial charge in [-0.05, 0) is 24.6 Å². The largest absolute Gasteiger partial charge is 0.497 e. The molecule has 4 nitrogen and oxygen atoms in total. The van der Waals surface area contributed by atoms with Crippen molar-refractivity contribution in [2.75, 3.05) is 13.7 Å². The Morgan fingerprint density at radius 2 is 2.17 bits per heavy atom. The molecule has 0 aliphatic heterocycles. The third kappa shape index (κ3) is 2.47. The van der Waals surface area contributed by atoms with Gasteiger partial charge in [-0.25, -0.2) is 4.79 Å². The molecular weight excluding hydrogens is 230 g/mol. The molecule has 1 aromatic heterocycles. The van der Waals surface area contributed by atoms with Crippen molar-refractivity contribution in [3.05, 3.63) is 30.5 Å². The number of methoxy groups -OCH3 is 1. The van der Waals surface area contributed by atoms with E-state index in [0.717, 1.165) is 29.5 Å². The number of aromatic nitrogens is 1. The Hall–Kier alpha value is -1.97. The summed E-state index contributed by atoms with van der Waals surface area (Å²) < 4.78 is 11.9. The average Bonchev–Trinajstić information content (AvgIpc) is 2.81. The number of hydrogen-bond acceptors (Lipinski definition) is 3. The third-order valence-electron chi connectivity index (χ3n) is 2.82. The highest BCUT2D eigenvalue weighted by Gasteiger charge is 2.10. The van der Waals surface area contributed by atoms with Crippen molar-refractivity contribution in [3.8, 4) is 5.75 Å². The fourth-order valence-electron chi connectivity index (χ4n) is 1.77. The smallest absolute Gasteiger partial charge is 0.418 e. The highest BCUT2D eigenvalue weighted by Crippen LogP contribution is 2.22. The second-order valence-corrected chi connectivity index (χ2v) is 4.08. The van der Waals surface area contributed by atoms with Crippen molar-refractivity contribution in [2.24, 2.45) is 0 Å². The normalized spacial score (nSPS) is 10.6. The zero-order valence-corrected chi connectivity index (χ0v) is 10.7. The number of rotatable bonds is 4. The molecule has 2 rings (SSSR count). The molecule has 96 valence electrons. The Labute approximate surface area is 106 Å². The maximum atomic E-state index is 11.9. The van der Waals surface area contributed by atoms with E-state index in [-0.39, 0.29) is 6.09 Å². The Morgan fingerprint density at radius 3 is 2.89 bits per heavy atom. The van der Waals surface area contributed by atoms with Crippen molar-refractivity contribution >= 4 is 17.0 Å². The first-order chi connectivity index (χ1) is 8.76. The van der Waals surface area contributed by atoms with Crippen molar-refractivity contribution in [1.82, 2.24) is 4.57 Å². The molecule has 18 heavy (non-hydrogen) atoms. The van der Waals surface area contributed by atoms with Gasteiger partial charge in [0, 0.05) is 17.6 Å². The number of carbonyl (C=O) groups is 1. The molecule has 0 aliphatic carbocycles. The Balaban J connectivity index is 2.24. The van der Waals surface area contributed by atoms with E-state index in [4.69, 9.17) is 9.47 Å². The summed E-state index contributed by atoms with van der Waals surface area (Å²) >= 11 is 0. The lowest BCUT2D eigenvalue weighted by atomic mass is 10.2. The summed E-state index contributed by atoms with van der Waals surface area (Å²) in [6.07, 6.45) is 3.27. The molecule has 1 heterocycles. The van der Waals surface area contributed by atoms with Gasteiger partial charge in [0.25, 0.3) is 0 Å². The minimum Gasteiger partial charge on any atom is -0.497 e. The van der Waals surface area contributed by atoms with Crippen LogP contribution in [0.15, 0.2) is 30.5 Å². The number of ether oxygens (including phenoxy) is 2. The molecule has 0 bridgehead atoms. The highest BCUT2D eigenvalue weighted by atomic mass is 16.5. The van der Waals surface area contributed by atoms with E-state index in [1.54, 1.807) is 13.3 Å². The lowest BCUT2D eigenvalue weighted by Gasteiger charge is -2.06. The second kappa shape index (κ2) is 5.58. The van der Waals surface area contributed by atoms with Gasteiger partial charge in [0.15, 0.2) is 0 Å². The Morgan fingerprint density at radius 1 is 1.33 bits per heavy atom. The van der Waals surface area contributed by atoms with Crippen LogP contribution < -0.4 is 4.74 Å². The molecule has 0 atom stereocenters. The van der Waals surface area contributed by atoms with Gasteiger partial charge >= 0.3 is 6.09 Å². The predicted molar refractivity (Wildman–Crippen MR) is 70.1 cm³/mol. The van der Waals surface area contributed by atoms with Crippen LogP contribution in [0.4, 0.5) is 4.79 Å². The van der Waals surface area contributed by atoms with Crippen LogP contribution >= 0.6 is 0 Å². The molecule has 0 saturated heterocycles. The van der Waals surface area contributed by atoms with E-state index in [9.17, 15) is 4.79 Å². The van der Waals surface area contributed by atoms with E-state index in [0.29, 0.717) is 6.61 Å². The number of carbonyl (C=O) groups excluding carboxylic acids is 1. The summed E-state index contributed by atoms with van der Waals surface area (Å²) in [5.41, 5.74) is 0.802. The molecule has 0 radical (unpaired) electrons. The standard InChI is InChI=1S/C14H17NO3/c1-3-4-9-18-14(16)15-8-7-11-5-6-12(17-2)10-13(11)15/h5-8,10H,3-4,9H2,1-2H3. The molecule has 0 unspecified atom stereocenters. The topological polar surface area (TPSA) is 40.5 Å². The first kappa shape index (κ1) is 12.5. The van der Waals surface area contributed by atoms with E-state index in [2.05, 4.69) is 6.92 Å². The average molecular weight is 247 g/mol. The molecule has 0 amide bonds. The molecule has 1 aromatic carbocycles. The van der Waals surface area contributed by atoms with Gasteiger partial charge in [0.05, 0.1) is 19.2 Å². The number of fused-ring (bicyclic) bond motifs is 1. The quantitative estimate of drug-likeness (QED) is 0.777. The van der Waals surface area contributed by atoms with E-state index in [1.807, 2.05) is 24.3 Å². The fraction of sp³-hybridized carbons (Fsp3) is 0.357. The second-order valence-electron chi connectivity index (χ2n) is 4.08. The van der Waals surface area contributed by atoms with Crippen LogP contribution in [0.5, 0.6) is 5.75 Å². The van der Waals surface area contributed by atoms with Crippen LogP contribution in [-0.4, -0.2) is 24.4 Å². The fourth-order valence-corrected chi connectivity index (χ4v) is 1.77. The van der Waals surface area contributed by atoms with Crippen LogP contribution in [0.1, 0.15) is 19.8 Å². The predicted octanol–water partition coefficient (Wildman–Crippen LogP) is 3.43. The zero-order chi connectivity index (χ0) is 13.0. The van der Waals surface area contributed by atoms with Crippen LogP contribution in [0.3, 0.4) is 0 Å². The van der Waals surface area contributed by atoms with Gasteiger partial charge in [-0.15, -0.1) is 0 Å². The zero-order valence-electron chi connectivity index (χ0n) is 10.7. The van der Waals surface area contributed by atoms with Gasteiger partial charge in [-0.2, -0.15) is 0 Å².